The predicted octanol–water partition coefficient (Wildman–Crippen LogP) is 2.60. The number of benzene rings is 1. The van der Waals surface area contributed by atoms with Crippen molar-refractivity contribution in [3.8, 4) is 11.6 Å². The van der Waals surface area contributed by atoms with Crippen LogP contribution < -0.4 is 10.2 Å². The van der Waals surface area contributed by atoms with Gasteiger partial charge in [-0.1, -0.05) is 12.1 Å². The van der Waals surface area contributed by atoms with Crippen LogP contribution in [0.4, 0.5) is 11.6 Å². The number of nitrogens with zero attached hydrogens (tertiary/aromatic N) is 5. The molecule has 0 unspecified atom stereocenters. The lowest BCUT2D eigenvalue weighted by Gasteiger charge is -2.28. The molecule has 3 heterocycles. The Bertz CT molecular complexity index is 996. The first-order valence-electron chi connectivity index (χ1n) is 9.83. The molecule has 1 aromatic carbocycles. The third-order valence-electron chi connectivity index (χ3n) is 4.95. The number of fused-ring (bicyclic) bond motifs is 1. The van der Waals surface area contributed by atoms with Gasteiger partial charge >= 0.3 is 5.97 Å². The van der Waals surface area contributed by atoms with Gasteiger partial charge in [0, 0.05) is 38.1 Å². The van der Waals surface area contributed by atoms with E-state index in [-0.39, 0.29) is 6.42 Å². The van der Waals surface area contributed by atoms with Crippen LogP contribution in [0.15, 0.2) is 35.0 Å². The standard InChI is InChI=1S/C20H24N6O3/c1-2-25-11-8-16(23-25)19-22-20(24-29-19)26-10-3-4-15-12-14(5-6-17(15)26)13-21-9-7-18(27)28/h5-6,8,11-12,21H,2-4,7,9-10,13H2,1H3,(H,27,28). The van der Waals surface area contributed by atoms with E-state index < -0.39 is 5.97 Å². The molecule has 0 atom stereocenters. The summed E-state index contributed by atoms with van der Waals surface area (Å²) in [7, 11) is 0. The summed E-state index contributed by atoms with van der Waals surface area (Å²) in [6.45, 7) is 4.74. The first-order chi connectivity index (χ1) is 14.1. The summed E-state index contributed by atoms with van der Waals surface area (Å²) < 4.78 is 7.27. The zero-order chi connectivity index (χ0) is 20.2. The van der Waals surface area contributed by atoms with Gasteiger partial charge < -0.3 is 19.8 Å². The summed E-state index contributed by atoms with van der Waals surface area (Å²) in [6, 6.07) is 8.16. The van der Waals surface area contributed by atoms with Gasteiger partial charge in [-0.05, 0) is 48.2 Å². The maximum atomic E-state index is 10.6. The van der Waals surface area contributed by atoms with E-state index in [0.717, 1.165) is 37.2 Å². The molecule has 0 saturated heterocycles. The number of hydrogen-bond donors (Lipinski definition) is 2. The fourth-order valence-corrected chi connectivity index (χ4v) is 3.48. The number of aliphatic carboxylic acids is 1. The van der Waals surface area contributed by atoms with Crippen molar-refractivity contribution < 1.29 is 14.4 Å². The van der Waals surface area contributed by atoms with Crippen molar-refractivity contribution in [1.29, 1.82) is 0 Å². The Kier molecular flexibility index (Phi) is 5.57. The van der Waals surface area contributed by atoms with Crippen molar-refractivity contribution in [2.45, 2.75) is 39.3 Å². The van der Waals surface area contributed by atoms with Crippen LogP contribution in [-0.4, -0.2) is 44.1 Å². The molecular weight excluding hydrogens is 372 g/mol. The number of aromatic nitrogens is 4. The van der Waals surface area contributed by atoms with E-state index in [1.807, 2.05) is 23.9 Å². The van der Waals surface area contributed by atoms with E-state index in [4.69, 9.17) is 9.63 Å². The van der Waals surface area contributed by atoms with Crippen LogP contribution in [0.5, 0.6) is 0 Å². The molecule has 0 radical (unpaired) electrons. The maximum Gasteiger partial charge on any atom is 0.304 e. The molecule has 0 saturated carbocycles. The molecule has 0 bridgehead atoms. The highest BCUT2D eigenvalue weighted by atomic mass is 16.5. The van der Waals surface area contributed by atoms with E-state index in [0.29, 0.717) is 30.6 Å². The van der Waals surface area contributed by atoms with Gasteiger partial charge in [-0.2, -0.15) is 10.1 Å². The summed E-state index contributed by atoms with van der Waals surface area (Å²) in [4.78, 5) is 17.2. The second-order valence-electron chi connectivity index (χ2n) is 6.99. The average molecular weight is 396 g/mol. The Morgan fingerprint density at radius 2 is 2.24 bits per heavy atom. The number of anilines is 2. The van der Waals surface area contributed by atoms with E-state index >= 15 is 0 Å². The van der Waals surface area contributed by atoms with Gasteiger partial charge in [-0.25, -0.2) is 0 Å². The number of nitrogens with one attached hydrogen (secondary N) is 1. The van der Waals surface area contributed by atoms with Gasteiger partial charge in [-0.15, -0.1) is 0 Å². The smallest absolute Gasteiger partial charge is 0.304 e. The molecule has 9 nitrogen and oxygen atoms in total. The SMILES string of the molecule is CCn1ccc(-c2nc(N3CCCc4cc(CNCCC(=O)O)ccc43)no2)n1. The largest absolute Gasteiger partial charge is 0.481 e. The molecule has 29 heavy (non-hydrogen) atoms. The highest BCUT2D eigenvalue weighted by molar-refractivity contribution is 5.67. The molecule has 1 aliphatic rings. The van der Waals surface area contributed by atoms with Crippen LogP contribution in [-0.2, 0) is 24.3 Å². The average Bonchev–Trinajstić information content (AvgIpc) is 3.39. The Morgan fingerprint density at radius 1 is 1.34 bits per heavy atom. The molecule has 2 aromatic heterocycles. The van der Waals surface area contributed by atoms with Crippen molar-refractivity contribution in [2.24, 2.45) is 0 Å². The monoisotopic (exact) mass is 396 g/mol. The highest BCUT2D eigenvalue weighted by Gasteiger charge is 2.23. The number of hydrogen-bond acceptors (Lipinski definition) is 7. The van der Waals surface area contributed by atoms with E-state index in [1.165, 1.54) is 5.56 Å². The van der Waals surface area contributed by atoms with Crippen molar-refractivity contribution in [1.82, 2.24) is 25.2 Å². The minimum absolute atomic E-state index is 0.120. The van der Waals surface area contributed by atoms with Gasteiger partial charge in [0.1, 0.15) is 0 Å². The Hall–Kier alpha value is -3.20. The molecule has 0 aliphatic carbocycles. The third-order valence-corrected chi connectivity index (χ3v) is 4.95. The number of carboxylic acid groups (broad SMARTS) is 1. The highest BCUT2D eigenvalue weighted by Crippen LogP contribution is 2.33. The molecule has 0 fully saturated rings. The number of aryl methyl sites for hydroxylation is 2. The van der Waals surface area contributed by atoms with Crippen LogP contribution in [0.1, 0.15) is 30.9 Å². The van der Waals surface area contributed by atoms with Crippen molar-refractivity contribution in [3.63, 3.8) is 0 Å². The molecule has 152 valence electrons. The predicted molar refractivity (Wildman–Crippen MR) is 107 cm³/mol. The molecule has 0 amide bonds. The second kappa shape index (κ2) is 8.44. The normalized spacial score (nSPS) is 13.5. The lowest BCUT2D eigenvalue weighted by molar-refractivity contribution is -0.136. The maximum absolute atomic E-state index is 10.6. The van der Waals surface area contributed by atoms with Gasteiger partial charge in [0.05, 0.1) is 6.42 Å². The van der Waals surface area contributed by atoms with Gasteiger partial charge in [-0.3, -0.25) is 9.48 Å². The lowest BCUT2D eigenvalue weighted by atomic mass is 9.99. The third kappa shape index (κ3) is 4.29. The first kappa shape index (κ1) is 19.1. The Morgan fingerprint density at radius 3 is 3.03 bits per heavy atom. The lowest BCUT2D eigenvalue weighted by Crippen LogP contribution is -2.26. The summed E-state index contributed by atoms with van der Waals surface area (Å²) in [5.74, 6) is 0.164. The Labute approximate surface area is 168 Å². The van der Waals surface area contributed by atoms with Crippen LogP contribution in [0.25, 0.3) is 11.6 Å². The first-order valence-corrected chi connectivity index (χ1v) is 9.83. The number of carboxylic acids is 1. The van der Waals surface area contributed by atoms with Gasteiger partial charge in [0.25, 0.3) is 11.8 Å². The second-order valence-corrected chi connectivity index (χ2v) is 6.99. The van der Waals surface area contributed by atoms with Crippen molar-refractivity contribution in [2.75, 3.05) is 18.0 Å². The van der Waals surface area contributed by atoms with Crippen LogP contribution in [0.3, 0.4) is 0 Å². The summed E-state index contributed by atoms with van der Waals surface area (Å²) in [5.41, 5.74) is 4.12. The molecule has 1 aliphatic heterocycles. The van der Waals surface area contributed by atoms with Crippen LogP contribution in [0, 0.1) is 0 Å². The topological polar surface area (TPSA) is 109 Å². The molecule has 4 rings (SSSR count). The fourth-order valence-electron chi connectivity index (χ4n) is 3.48. The minimum atomic E-state index is -0.792. The minimum Gasteiger partial charge on any atom is -0.481 e. The summed E-state index contributed by atoms with van der Waals surface area (Å²) >= 11 is 0. The van der Waals surface area contributed by atoms with Crippen LogP contribution in [0.2, 0.25) is 0 Å². The number of carbonyl (C=O) groups is 1. The Balaban J connectivity index is 1.49. The quantitative estimate of drug-likeness (QED) is 0.559. The van der Waals surface area contributed by atoms with Crippen molar-refractivity contribution >= 4 is 17.6 Å². The number of rotatable bonds is 8. The molecular formula is C20H24N6O3. The van der Waals surface area contributed by atoms with Crippen LogP contribution >= 0.6 is 0 Å². The summed E-state index contributed by atoms with van der Waals surface area (Å²) in [5, 5.41) is 20.5. The van der Waals surface area contributed by atoms with Gasteiger partial charge in [0.2, 0.25) is 0 Å². The van der Waals surface area contributed by atoms with E-state index in [2.05, 4.69) is 43.7 Å². The molecule has 3 aromatic rings. The molecule has 9 heteroatoms. The molecule has 2 N–H and O–H groups in total. The fraction of sp³-hybridized carbons (Fsp3) is 0.400. The van der Waals surface area contributed by atoms with E-state index in [9.17, 15) is 4.79 Å². The van der Waals surface area contributed by atoms with E-state index in [1.54, 1.807) is 0 Å². The van der Waals surface area contributed by atoms with Gasteiger partial charge in [0.15, 0.2) is 5.69 Å². The summed E-state index contributed by atoms with van der Waals surface area (Å²) in [6.07, 6.45) is 3.99. The zero-order valence-corrected chi connectivity index (χ0v) is 16.3. The zero-order valence-electron chi connectivity index (χ0n) is 16.3. The molecule has 0 spiro atoms. The van der Waals surface area contributed by atoms with Crippen molar-refractivity contribution in [3.05, 3.63) is 41.6 Å².